The number of methoxy groups -OCH3 is 1. The van der Waals surface area contributed by atoms with E-state index in [0.29, 0.717) is 31.0 Å². The molecular weight excluding hydrogens is 438 g/mol. The maximum Gasteiger partial charge on any atom is 0.251 e. The van der Waals surface area contributed by atoms with Crippen LogP contribution in [0.4, 0.5) is 0 Å². The Morgan fingerprint density at radius 3 is 2.77 bits per heavy atom. The SMILES string of the molecule is C=CCc1ccccc1OCCn1c(CCCNC(=O)c2cccc(OC)c2)nc2ccccc21. The summed E-state index contributed by atoms with van der Waals surface area (Å²) < 4.78 is 13.5. The Bertz CT molecular complexity index is 1300. The average Bonchev–Trinajstić information content (AvgIpc) is 3.25. The second-order valence-corrected chi connectivity index (χ2v) is 8.21. The van der Waals surface area contributed by atoms with Gasteiger partial charge in [0.2, 0.25) is 0 Å². The summed E-state index contributed by atoms with van der Waals surface area (Å²) >= 11 is 0. The standard InChI is InChI=1S/C29H31N3O3/c1-3-10-22-11-4-7-16-27(22)35-20-19-32-26-15-6-5-14-25(26)31-28(32)17-9-18-30-29(33)23-12-8-13-24(21-23)34-2/h3-8,11-16,21H,1,9-10,17-20H2,2H3,(H,30,33). The molecule has 1 amide bonds. The van der Waals surface area contributed by atoms with Crippen LogP contribution in [-0.2, 0) is 19.4 Å². The maximum atomic E-state index is 12.5. The number of rotatable bonds is 12. The van der Waals surface area contributed by atoms with Crippen molar-refractivity contribution in [1.29, 1.82) is 0 Å². The third-order valence-corrected chi connectivity index (χ3v) is 5.84. The van der Waals surface area contributed by atoms with E-state index in [1.165, 1.54) is 0 Å². The predicted octanol–water partition coefficient (Wildman–Crippen LogP) is 5.22. The number of benzene rings is 3. The van der Waals surface area contributed by atoms with Crippen LogP contribution in [0.25, 0.3) is 11.0 Å². The molecule has 0 aliphatic rings. The van der Waals surface area contributed by atoms with Gasteiger partial charge in [-0.1, -0.05) is 42.5 Å². The third kappa shape index (κ3) is 6.09. The van der Waals surface area contributed by atoms with Crippen LogP contribution in [0.15, 0.2) is 85.5 Å². The molecule has 0 atom stereocenters. The molecule has 6 nitrogen and oxygen atoms in total. The zero-order valence-electron chi connectivity index (χ0n) is 20.1. The van der Waals surface area contributed by atoms with E-state index >= 15 is 0 Å². The number of fused-ring (bicyclic) bond motifs is 1. The number of aryl methyl sites for hydroxylation is 1. The summed E-state index contributed by atoms with van der Waals surface area (Å²) in [6, 6.07) is 23.4. The van der Waals surface area contributed by atoms with Crippen molar-refractivity contribution in [3.05, 3.63) is 102 Å². The van der Waals surface area contributed by atoms with Crippen molar-refractivity contribution < 1.29 is 14.3 Å². The van der Waals surface area contributed by atoms with E-state index in [9.17, 15) is 4.79 Å². The van der Waals surface area contributed by atoms with Crippen molar-refractivity contribution in [1.82, 2.24) is 14.9 Å². The Labute approximate surface area is 206 Å². The van der Waals surface area contributed by atoms with Crippen LogP contribution in [-0.4, -0.2) is 35.7 Å². The fourth-order valence-corrected chi connectivity index (χ4v) is 4.10. The van der Waals surface area contributed by atoms with E-state index in [0.717, 1.165) is 47.4 Å². The molecule has 1 aromatic heterocycles. The second-order valence-electron chi connectivity index (χ2n) is 8.21. The van der Waals surface area contributed by atoms with Gasteiger partial charge in [-0.05, 0) is 54.8 Å². The van der Waals surface area contributed by atoms with Gasteiger partial charge in [0, 0.05) is 18.5 Å². The monoisotopic (exact) mass is 469 g/mol. The lowest BCUT2D eigenvalue weighted by molar-refractivity contribution is 0.0953. The number of ether oxygens (including phenoxy) is 2. The normalized spacial score (nSPS) is 10.8. The van der Waals surface area contributed by atoms with Gasteiger partial charge in [-0.15, -0.1) is 6.58 Å². The number of imidazole rings is 1. The second kappa shape index (κ2) is 11.9. The summed E-state index contributed by atoms with van der Waals surface area (Å²) in [7, 11) is 1.59. The zero-order valence-corrected chi connectivity index (χ0v) is 20.1. The molecule has 0 saturated heterocycles. The quantitative estimate of drug-likeness (QED) is 0.228. The van der Waals surface area contributed by atoms with Gasteiger partial charge in [0.05, 0.1) is 24.7 Å². The molecule has 0 radical (unpaired) electrons. The van der Waals surface area contributed by atoms with Crippen LogP contribution in [0.1, 0.15) is 28.2 Å². The van der Waals surface area contributed by atoms with Gasteiger partial charge in [-0.3, -0.25) is 4.79 Å². The number of para-hydroxylation sites is 3. The van der Waals surface area contributed by atoms with E-state index in [4.69, 9.17) is 14.5 Å². The number of amides is 1. The van der Waals surface area contributed by atoms with Gasteiger partial charge in [0.15, 0.2) is 0 Å². The summed E-state index contributed by atoms with van der Waals surface area (Å²) in [5.41, 5.74) is 3.77. The molecule has 3 aromatic carbocycles. The van der Waals surface area contributed by atoms with Crippen LogP contribution >= 0.6 is 0 Å². The molecule has 0 spiro atoms. The lowest BCUT2D eigenvalue weighted by Gasteiger charge is -2.13. The number of aromatic nitrogens is 2. The first-order valence-electron chi connectivity index (χ1n) is 11.9. The molecule has 1 N–H and O–H groups in total. The highest BCUT2D eigenvalue weighted by Crippen LogP contribution is 2.21. The highest BCUT2D eigenvalue weighted by Gasteiger charge is 2.12. The van der Waals surface area contributed by atoms with Crippen LogP contribution in [0.5, 0.6) is 11.5 Å². The molecule has 35 heavy (non-hydrogen) atoms. The molecule has 0 unspecified atom stereocenters. The van der Waals surface area contributed by atoms with Crippen molar-refractivity contribution in [3.63, 3.8) is 0 Å². The first-order valence-corrected chi connectivity index (χ1v) is 11.9. The number of nitrogens with one attached hydrogen (secondary N) is 1. The van der Waals surface area contributed by atoms with Gasteiger partial charge in [-0.25, -0.2) is 4.98 Å². The Kier molecular flexibility index (Phi) is 8.17. The number of hydrogen-bond acceptors (Lipinski definition) is 4. The smallest absolute Gasteiger partial charge is 0.251 e. The molecule has 0 bridgehead atoms. The first kappa shape index (κ1) is 24.1. The first-order chi connectivity index (χ1) is 17.2. The minimum Gasteiger partial charge on any atom is -0.497 e. The van der Waals surface area contributed by atoms with Gasteiger partial charge in [0.25, 0.3) is 5.91 Å². The highest BCUT2D eigenvalue weighted by molar-refractivity contribution is 5.94. The Balaban J connectivity index is 1.37. The minimum atomic E-state index is -0.107. The van der Waals surface area contributed by atoms with Crippen LogP contribution in [0, 0.1) is 0 Å². The van der Waals surface area contributed by atoms with Gasteiger partial charge in [-0.2, -0.15) is 0 Å². The Morgan fingerprint density at radius 2 is 1.91 bits per heavy atom. The lowest BCUT2D eigenvalue weighted by atomic mass is 10.1. The molecule has 180 valence electrons. The van der Waals surface area contributed by atoms with E-state index in [-0.39, 0.29) is 5.91 Å². The van der Waals surface area contributed by atoms with Crippen LogP contribution < -0.4 is 14.8 Å². The number of hydrogen-bond donors (Lipinski definition) is 1. The van der Waals surface area contributed by atoms with E-state index < -0.39 is 0 Å². The fraction of sp³-hybridized carbons (Fsp3) is 0.241. The topological polar surface area (TPSA) is 65.4 Å². The summed E-state index contributed by atoms with van der Waals surface area (Å²) in [5.74, 6) is 2.44. The Hall–Kier alpha value is -4.06. The maximum absolute atomic E-state index is 12.5. The van der Waals surface area contributed by atoms with Gasteiger partial charge < -0.3 is 19.4 Å². The molecule has 6 heteroatoms. The van der Waals surface area contributed by atoms with Crippen molar-refractivity contribution in [2.24, 2.45) is 0 Å². The number of carbonyl (C=O) groups is 1. The summed E-state index contributed by atoms with van der Waals surface area (Å²) in [4.78, 5) is 17.3. The van der Waals surface area contributed by atoms with E-state index in [2.05, 4.69) is 28.6 Å². The minimum absolute atomic E-state index is 0.107. The van der Waals surface area contributed by atoms with Crippen LogP contribution in [0.3, 0.4) is 0 Å². The van der Waals surface area contributed by atoms with E-state index in [1.807, 2.05) is 54.6 Å². The predicted molar refractivity (Wildman–Crippen MR) is 139 cm³/mol. The lowest BCUT2D eigenvalue weighted by Crippen LogP contribution is -2.25. The van der Waals surface area contributed by atoms with Gasteiger partial charge >= 0.3 is 0 Å². The van der Waals surface area contributed by atoms with Crippen LogP contribution in [0.2, 0.25) is 0 Å². The summed E-state index contributed by atoms with van der Waals surface area (Å²) in [6.45, 7) is 5.62. The molecule has 0 fully saturated rings. The highest BCUT2D eigenvalue weighted by atomic mass is 16.5. The van der Waals surface area contributed by atoms with Crippen molar-refractivity contribution >= 4 is 16.9 Å². The molecule has 1 heterocycles. The molecule has 4 aromatic rings. The molecular formula is C29H31N3O3. The summed E-state index contributed by atoms with van der Waals surface area (Å²) in [5, 5.41) is 2.99. The third-order valence-electron chi connectivity index (χ3n) is 5.84. The number of nitrogens with zero attached hydrogens (tertiary/aromatic N) is 2. The summed E-state index contributed by atoms with van der Waals surface area (Å²) in [6.07, 6.45) is 4.19. The largest absolute Gasteiger partial charge is 0.497 e. The fourth-order valence-electron chi connectivity index (χ4n) is 4.10. The van der Waals surface area contributed by atoms with Crippen molar-refractivity contribution in [2.75, 3.05) is 20.3 Å². The van der Waals surface area contributed by atoms with E-state index in [1.54, 1.807) is 19.2 Å². The molecule has 0 aliphatic heterocycles. The average molecular weight is 470 g/mol. The molecule has 4 rings (SSSR count). The number of carbonyl (C=O) groups excluding carboxylic acids is 1. The van der Waals surface area contributed by atoms with Crippen molar-refractivity contribution in [3.8, 4) is 11.5 Å². The molecule has 0 aliphatic carbocycles. The van der Waals surface area contributed by atoms with Gasteiger partial charge in [0.1, 0.15) is 23.9 Å². The van der Waals surface area contributed by atoms with Crippen molar-refractivity contribution in [2.45, 2.75) is 25.8 Å². The number of allylic oxidation sites excluding steroid dienone is 1. The Morgan fingerprint density at radius 1 is 1.09 bits per heavy atom. The molecule has 0 saturated carbocycles. The zero-order chi connectivity index (χ0) is 24.5.